The molecule has 0 spiro atoms. The summed E-state index contributed by atoms with van der Waals surface area (Å²) in [6.07, 6.45) is -0.0540. The number of aliphatic hydroxyl groups excluding tert-OH is 1. The molecule has 0 bridgehead atoms. The van der Waals surface area contributed by atoms with E-state index in [4.69, 9.17) is 22.1 Å². The van der Waals surface area contributed by atoms with Crippen LogP contribution in [0.2, 0.25) is 5.02 Å². The normalized spacial score (nSPS) is 12.6. The molecule has 14 heavy (non-hydrogen) atoms. The van der Waals surface area contributed by atoms with Crippen LogP contribution in [0.15, 0.2) is 18.2 Å². The largest absolute Gasteiger partial charge is 0.496 e. The number of nitrogens with two attached hydrogens (primary N) is 1. The summed E-state index contributed by atoms with van der Waals surface area (Å²) in [6, 6.07) is 5.32. The Bertz CT molecular complexity index is 304. The van der Waals surface area contributed by atoms with Crippen molar-refractivity contribution in [3.63, 3.8) is 0 Å². The van der Waals surface area contributed by atoms with E-state index in [0.29, 0.717) is 17.2 Å². The predicted molar refractivity (Wildman–Crippen MR) is 56.8 cm³/mol. The van der Waals surface area contributed by atoms with Gasteiger partial charge in [0.1, 0.15) is 5.75 Å². The van der Waals surface area contributed by atoms with Gasteiger partial charge < -0.3 is 15.6 Å². The first kappa shape index (κ1) is 11.3. The second-order valence-electron chi connectivity index (χ2n) is 3.05. The second kappa shape index (κ2) is 5.20. The lowest BCUT2D eigenvalue weighted by atomic mass is 10.1. The summed E-state index contributed by atoms with van der Waals surface area (Å²) in [4.78, 5) is 0. The van der Waals surface area contributed by atoms with Gasteiger partial charge >= 0.3 is 0 Å². The molecule has 78 valence electrons. The van der Waals surface area contributed by atoms with Gasteiger partial charge in [0.2, 0.25) is 0 Å². The van der Waals surface area contributed by atoms with Crippen molar-refractivity contribution in [1.82, 2.24) is 0 Å². The van der Waals surface area contributed by atoms with Crippen molar-refractivity contribution in [2.75, 3.05) is 13.7 Å². The molecule has 0 aliphatic heterocycles. The van der Waals surface area contributed by atoms with E-state index < -0.39 is 6.10 Å². The molecule has 0 aromatic heterocycles. The summed E-state index contributed by atoms with van der Waals surface area (Å²) in [5.41, 5.74) is 6.24. The van der Waals surface area contributed by atoms with Crippen LogP contribution in [-0.4, -0.2) is 24.9 Å². The minimum Gasteiger partial charge on any atom is -0.496 e. The number of hydrogen-bond donors (Lipinski definition) is 2. The van der Waals surface area contributed by atoms with Crippen LogP contribution in [0.25, 0.3) is 0 Å². The summed E-state index contributed by atoms with van der Waals surface area (Å²) in [5.74, 6) is 0.685. The number of benzene rings is 1. The first-order valence-electron chi connectivity index (χ1n) is 4.38. The zero-order valence-corrected chi connectivity index (χ0v) is 8.79. The summed E-state index contributed by atoms with van der Waals surface area (Å²) in [7, 11) is 1.57. The monoisotopic (exact) mass is 215 g/mol. The molecular weight excluding hydrogens is 202 g/mol. The van der Waals surface area contributed by atoms with Gasteiger partial charge in [0.25, 0.3) is 0 Å². The number of methoxy groups -OCH3 is 1. The number of rotatable bonds is 4. The molecule has 1 atom stereocenters. The number of aliphatic hydroxyl groups is 1. The molecular formula is C10H14ClNO2. The molecule has 1 unspecified atom stereocenters. The SMILES string of the molecule is COc1cc(Cl)ccc1CC(O)CN. The van der Waals surface area contributed by atoms with Crippen LogP contribution in [-0.2, 0) is 6.42 Å². The third-order valence-electron chi connectivity index (χ3n) is 1.98. The number of hydrogen-bond acceptors (Lipinski definition) is 3. The first-order chi connectivity index (χ1) is 6.67. The van der Waals surface area contributed by atoms with Crippen LogP contribution in [0.3, 0.4) is 0 Å². The molecule has 0 heterocycles. The van der Waals surface area contributed by atoms with Gasteiger partial charge in [-0.05, 0) is 17.7 Å². The number of ether oxygens (including phenoxy) is 1. The van der Waals surface area contributed by atoms with Crippen LogP contribution in [0.5, 0.6) is 5.75 Å². The highest BCUT2D eigenvalue weighted by Crippen LogP contribution is 2.24. The van der Waals surface area contributed by atoms with E-state index in [2.05, 4.69) is 0 Å². The summed E-state index contributed by atoms with van der Waals surface area (Å²) < 4.78 is 5.14. The maximum Gasteiger partial charge on any atom is 0.123 e. The molecule has 0 aliphatic rings. The van der Waals surface area contributed by atoms with E-state index in [0.717, 1.165) is 5.56 Å². The molecule has 1 aromatic carbocycles. The maximum absolute atomic E-state index is 9.39. The highest BCUT2D eigenvalue weighted by molar-refractivity contribution is 6.30. The maximum atomic E-state index is 9.39. The molecule has 0 radical (unpaired) electrons. The molecule has 0 saturated heterocycles. The molecule has 4 heteroatoms. The molecule has 0 amide bonds. The van der Waals surface area contributed by atoms with Crippen LogP contribution >= 0.6 is 11.6 Å². The molecule has 0 saturated carbocycles. The molecule has 3 nitrogen and oxygen atoms in total. The van der Waals surface area contributed by atoms with Crippen LogP contribution in [0, 0.1) is 0 Å². The van der Waals surface area contributed by atoms with Gasteiger partial charge in [-0.3, -0.25) is 0 Å². The van der Waals surface area contributed by atoms with E-state index in [-0.39, 0.29) is 6.54 Å². The lowest BCUT2D eigenvalue weighted by Gasteiger charge is -2.11. The van der Waals surface area contributed by atoms with Crippen molar-refractivity contribution in [1.29, 1.82) is 0 Å². The summed E-state index contributed by atoms with van der Waals surface area (Å²) in [5, 5.41) is 10.0. The topological polar surface area (TPSA) is 55.5 Å². The first-order valence-corrected chi connectivity index (χ1v) is 4.75. The van der Waals surface area contributed by atoms with Crippen molar-refractivity contribution in [3.05, 3.63) is 28.8 Å². The quantitative estimate of drug-likeness (QED) is 0.794. The lowest BCUT2D eigenvalue weighted by Crippen LogP contribution is -2.22. The fourth-order valence-electron chi connectivity index (χ4n) is 1.22. The van der Waals surface area contributed by atoms with Gasteiger partial charge in [-0.25, -0.2) is 0 Å². The van der Waals surface area contributed by atoms with E-state index in [1.165, 1.54) is 0 Å². The Hall–Kier alpha value is -0.770. The Morgan fingerprint density at radius 1 is 1.57 bits per heavy atom. The fourth-order valence-corrected chi connectivity index (χ4v) is 1.39. The molecule has 1 rings (SSSR count). The third kappa shape index (κ3) is 2.87. The van der Waals surface area contributed by atoms with Gasteiger partial charge in [0, 0.05) is 18.0 Å². The van der Waals surface area contributed by atoms with Crippen LogP contribution < -0.4 is 10.5 Å². The Morgan fingerprint density at radius 3 is 2.86 bits per heavy atom. The van der Waals surface area contributed by atoms with Crippen molar-refractivity contribution < 1.29 is 9.84 Å². The van der Waals surface area contributed by atoms with E-state index in [1.54, 1.807) is 19.2 Å². The van der Waals surface area contributed by atoms with Crippen molar-refractivity contribution in [2.45, 2.75) is 12.5 Å². The minimum absolute atomic E-state index is 0.242. The highest BCUT2D eigenvalue weighted by Gasteiger charge is 2.08. The van der Waals surface area contributed by atoms with Crippen molar-refractivity contribution in [2.24, 2.45) is 5.73 Å². The van der Waals surface area contributed by atoms with Gasteiger partial charge in [0.15, 0.2) is 0 Å². The van der Waals surface area contributed by atoms with Gasteiger partial charge in [0.05, 0.1) is 13.2 Å². The zero-order valence-electron chi connectivity index (χ0n) is 8.03. The van der Waals surface area contributed by atoms with Gasteiger partial charge in [-0.2, -0.15) is 0 Å². The molecule has 1 aromatic rings. The molecule has 0 fully saturated rings. The predicted octanol–water partition coefficient (Wildman–Crippen LogP) is 1.21. The minimum atomic E-state index is -0.537. The highest BCUT2D eigenvalue weighted by atomic mass is 35.5. The Kier molecular flexibility index (Phi) is 4.20. The van der Waals surface area contributed by atoms with Crippen LogP contribution in [0.1, 0.15) is 5.56 Å². The zero-order chi connectivity index (χ0) is 10.6. The average molecular weight is 216 g/mol. The Labute approximate surface area is 88.4 Å². The van der Waals surface area contributed by atoms with Gasteiger partial charge in [-0.15, -0.1) is 0 Å². The van der Waals surface area contributed by atoms with Crippen LogP contribution in [0.4, 0.5) is 0 Å². The van der Waals surface area contributed by atoms with Crippen molar-refractivity contribution >= 4 is 11.6 Å². The summed E-state index contributed by atoms with van der Waals surface area (Å²) in [6.45, 7) is 0.242. The Morgan fingerprint density at radius 2 is 2.29 bits per heavy atom. The lowest BCUT2D eigenvalue weighted by molar-refractivity contribution is 0.182. The molecule has 3 N–H and O–H groups in total. The number of halogens is 1. The third-order valence-corrected chi connectivity index (χ3v) is 2.21. The van der Waals surface area contributed by atoms with E-state index in [1.807, 2.05) is 6.07 Å². The van der Waals surface area contributed by atoms with Crippen molar-refractivity contribution in [3.8, 4) is 5.75 Å². The summed E-state index contributed by atoms with van der Waals surface area (Å²) >= 11 is 5.80. The Balaban J connectivity index is 2.85. The smallest absolute Gasteiger partial charge is 0.123 e. The van der Waals surface area contributed by atoms with E-state index >= 15 is 0 Å². The van der Waals surface area contributed by atoms with E-state index in [9.17, 15) is 5.11 Å². The average Bonchev–Trinajstić information content (AvgIpc) is 2.20. The molecule has 0 aliphatic carbocycles. The fraction of sp³-hybridized carbons (Fsp3) is 0.400. The second-order valence-corrected chi connectivity index (χ2v) is 3.49. The van der Waals surface area contributed by atoms with Gasteiger partial charge in [-0.1, -0.05) is 17.7 Å². The standard InChI is InChI=1S/C10H14ClNO2/c1-14-10-5-8(11)3-2-7(10)4-9(13)6-12/h2-3,5,9,13H,4,6,12H2,1H3.